The Kier molecular flexibility index (Phi) is 55.8. The quantitative estimate of drug-likeness (QED) is 0.0261. The van der Waals surface area contributed by atoms with Crippen LogP contribution in [0.1, 0.15) is 297 Å². The van der Waals surface area contributed by atoms with Crippen molar-refractivity contribution in [2.75, 3.05) is 13.2 Å². The third kappa shape index (κ3) is 55.8. The van der Waals surface area contributed by atoms with Crippen LogP contribution in [-0.4, -0.2) is 37.2 Å². The fourth-order valence-corrected chi connectivity index (χ4v) is 8.53. The van der Waals surface area contributed by atoms with Gasteiger partial charge in [-0.2, -0.15) is 0 Å². The van der Waals surface area contributed by atoms with Gasteiger partial charge in [0.1, 0.15) is 13.2 Å². The maximum atomic E-state index is 12.8. The third-order valence-electron chi connectivity index (χ3n) is 13.0. The molecular formula is C64H112O6. The SMILES string of the molecule is CC/C=C\C/C=C\C/C=C\C/C=C\C/C=C\C/C=C\CCC(=O)OC(COC(=O)CCCCCCCCCCCCCCC)COC(=O)CCCCCCCCCCCCCCCCCCCCCC. The Morgan fingerprint density at radius 1 is 0.300 bits per heavy atom. The Labute approximate surface area is 433 Å². The number of hydrogen-bond acceptors (Lipinski definition) is 6. The number of carbonyl (C=O) groups is 3. The van der Waals surface area contributed by atoms with E-state index in [0.717, 1.165) is 77.0 Å². The van der Waals surface area contributed by atoms with Gasteiger partial charge in [-0.05, 0) is 57.8 Å². The van der Waals surface area contributed by atoms with Gasteiger partial charge in [0.15, 0.2) is 6.10 Å². The molecule has 0 heterocycles. The van der Waals surface area contributed by atoms with Crippen molar-refractivity contribution in [3.05, 3.63) is 72.9 Å². The van der Waals surface area contributed by atoms with Crippen LogP contribution in [0, 0.1) is 0 Å². The van der Waals surface area contributed by atoms with Crippen LogP contribution in [0.25, 0.3) is 0 Å². The lowest BCUT2D eigenvalue weighted by molar-refractivity contribution is -0.166. The average molecular weight is 978 g/mol. The lowest BCUT2D eigenvalue weighted by Gasteiger charge is -2.18. The van der Waals surface area contributed by atoms with Crippen molar-refractivity contribution in [1.82, 2.24) is 0 Å². The van der Waals surface area contributed by atoms with Crippen LogP contribution in [0.4, 0.5) is 0 Å². The largest absolute Gasteiger partial charge is 0.462 e. The van der Waals surface area contributed by atoms with Crippen LogP contribution < -0.4 is 0 Å². The number of ether oxygens (including phenoxy) is 3. The van der Waals surface area contributed by atoms with E-state index >= 15 is 0 Å². The molecule has 0 N–H and O–H groups in total. The highest BCUT2D eigenvalue weighted by molar-refractivity contribution is 5.71. The lowest BCUT2D eigenvalue weighted by Crippen LogP contribution is -2.30. The van der Waals surface area contributed by atoms with Gasteiger partial charge in [-0.1, -0.05) is 293 Å². The molecule has 404 valence electrons. The molecule has 6 heteroatoms. The summed E-state index contributed by atoms with van der Waals surface area (Å²) in [7, 11) is 0. The van der Waals surface area contributed by atoms with Crippen LogP contribution in [0.3, 0.4) is 0 Å². The molecule has 0 spiro atoms. The first-order chi connectivity index (χ1) is 34.5. The Bertz CT molecular complexity index is 1310. The van der Waals surface area contributed by atoms with Crippen molar-refractivity contribution in [3.8, 4) is 0 Å². The maximum absolute atomic E-state index is 12.8. The lowest BCUT2D eigenvalue weighted by atomic mass is 10.0. The summed E-state index contributed by atoms with van der Waals surface area (Å²) in [6, 6.07) is 0. The van der Waals surface area contributed by atoms with Crippen LogP contribution in [0.15, 0.2) is 72.9 Å². The predicted octanol–water partition coefficient (Wildman–Crippen LogP) is 20.2. The Balaban J connectivity index is 4.42. The first-order valence-corrected chi connectivity index (χ1v) is 29.9. The molecule has 1 unspecified atom stereocenters. The monoisotopic (exact) mass is 977 g/mol. The van der Waals surface area contributed by atoms with Crippen LogP contribution in [0.2, 0.25) is 0 Å². The van der Waals surface area contributed by atoms with E-state index in [9.17, 15) is 14.4 Å². The van der Waals surface area contributed by atoms with Gasteiger partial charge in [0.2, 0.25) is 0 Å². The third-order valence-corrected chi connectivity index (χ3v) is 13.0. The zero-order valence-electron chi connectivity index (χ0n) is 46.3. The second kappa shape index (κ2) is 58.4. The highest BCUT2D eigenvalue weighted by Crippen LogP contribution is 2.17. The van der Waals surface area contributed by atoms with Gasteiger partial charge < -0.3 is 14.2 Å². The fourth-order valence-electron chi connectivity index (χ4n) is 8.53. The first-order valence-electron chi connectivity index (χ1n) is 29.9. The minimum atomic E-state index is -0.813. The smallest absolute Gasteiger partial charge is 0.306 e. The summed E-state index contributed by atoms with van der Waals surface area (Å²) in [6.45, 7) is 6.50. The molecule has 0 saturated carbocycles. The number of carbonyl (C=O) groups excluding carboxylic acids is 3. The van der Waals surface area contributed by atoms with Crippen molar-refractivity contribution in [1.29, 1.82) is 0 Å². The summed E-state index contributed by atoms with van der Waals surface area (Å²) in [4.78, 5) is 38.2. The Morgan fingerprint density at radius 2 is 0.557 bits per heavy atom. The van der Waals surface area contributed by atoms with Gasteiger partial charge >= 0.3 is 17.9 Å². The molecule has 6 nitrogen and oxygen atoms in total. The number of esters is 3. The van der Waals surface area contributed by atoms with Crippen LogP contribution in [0.5, 0.6) is 0 Å². The normalized spacial score (nSPS) is 12.6. The molecule has 0 saturated heterocycles. The van der Waals surface area contributed by atoms with Gasteiger partial charge in [0.25, 0.3) is 0 Å². The summed E-state index contributed by atoms with van der Waals surface area (Å²) >= 11 is 0. The van der Waals surface area contributed by atoms with Crippen molar-refractivity contribution in [3.63, 3.8) is 0 Å². The molecule has 0 fully saturated rings. The minimum Gasteiger partial charge on any atom is -0.462 e. The van der Waals surface area contributed by atoms with Crippen molar-refractivity contribution in [2.45, 2.75) is 303 Å². The minimum absolute atomic E-state index is 0.101. The molecule has 70 heavy (non-hydrogen) atoms. The highest BCUT2D eigenvalue weighted by Gasteiger charge is 2.19. The molecule has 0 rings (SSSR count). The fraction of sp³-hybridized carbons (Fsp3) is 0.766. The summed E-state index contributed by atoms with van der Waals surface area (Å²) < 4.78 is 16.8. The molecule has 0 aromatic rings. The zero-order valence-corrected chi connectivity index (χ0v) is 46.3. The maximum Gasteiger partial charge on any atom is 0.306 e. The van der Waals surface area contributed by atoms with E-state index in [4.69, 9.17) is 14.2 Å². The molecular weight excluding hydrogens is 865 g/mol. The van der Waals surface area contributed by atoms with Crippen molar-refractivity contribution < 1.29 is 28.6 Å². The number of hydrogen-bond donors (Lipinski definition) is 0. The number of rotatable bonds is 54. The second-order valence-corrected chi connectivity index (χ2v) is 19.9. The van der Waals surface area contributed by atoms with Gasteiger partial charge in [0, 0.05) is 19.3 Å². The average Bonchev–Trinajstić information content (AvgIpc) is 3.36. The summed E-state index contributed by atoms with van der Waals surface area (Å²) in [5.41, 5.74) is 0. The van der Waals surface area contributed by atoms with E-state index in [1.807, 2.05) is 6.08 Å². The topological polar surface area (TPSA) is 78.9 Å². The van der Waals surface area contributed by atoms with E-state index in [1.165, 1.54) is 173 Å². The number of unbranched alkanes of at least 4 members (excludes halogenated alkanes) is 31. The van der Waals surface area contributed by atoms with E-state index < -0.39 is 6.10 Å². The molecule has 0 aliphatic heterocycles. The van der Waals surface area contributed by atoms with Crippen LogP contribution >= 0.6 is 0 Å². The van der Waals surface area contributed by atoms with E-state index in [-0.39, 0.29) is 37.5 Å². The van der Waals surface area contributed by atoms with Gasteiger partial charge in [-0.3, -0.25) is 14.4 Å². The first kappa shape index (κ1) is 66.9. The standard InChI is InChI=1S/C64H112O6/c1-4-7-10-13-16-19-22-25-27-29-31-33-34-36-39-42-45-48-51-54-57-63(66)69-60-61(59-68-62(65)56-53-50-47-44-41-38-24-21-18-15-12-9-6-3)70-64(67)58-55-52-49-46-43-40-37-35-32-30-28-26-23-20-17-14-11-8-5-2/h8,11,17,20,26,28,32,35,40,43,49,52,61H,4-7,9-10,12-16,18-19,21-25,27,29-31,33-34,36-39,41-42,44-48,50-51,53-60H2,1-3H3/b11-8-,20-17-,28-26-,35-32-,43-40-,52-49-. The van der Waals surface area contributed by atoms with E-state index in [0.29, 0.717) is 19.3 Å². The molecule has 0 radical (unpaired) electrons. The summed E-state index contributed by atoms with van der Waals surface area (Å²) in [5.74, 6) is -0.972. The highest BCUT2D eigenvalue weighted by atomic mass is 16.6. The van der Waals surface area contributed by atoms with Gasteiger partial charge in [-0.15, -0.1) is 0 Å². The molecule has 0 aromatic carbocycles. The molecule has 1 atom stereocenters. The molecule has 0 aliphatic rings. The zero-order chi connectivity index (χ0) is 50.7. The Morgan fingerprint density at radius 3 is 0.843 bits per heavy atom. The van der Waals surface area contributed by atoms with Crippen LogP contribution in [-0.2, 0) is 28.6 Å². The molecule has 0 amide bonds. The molecule has 0 bridgehead atoms. The number of allylic oxidation sites excluding steroid dienone is 12. The predicted molar refractivity (Wildman–Crippen MR) is 302 cm³/mol. The second-order valence-electron chi connectivity index (χ2n) is 19.9. The van der Waals surface area contributed by atoms with Crippen molar-refractivity contribution >= 4 is 17.9 Å². The van der Waals surface area contributed by atoms with E-state index in [1.54, 1.807) is 0 Å². The summed E-state index contributed by atoms with van der Waals surface area (Å²) in [5, 5.41) is 0. The molecule has 0 aliphatic carbocycles. The summed E-state index contributed by atoms with van der Waals surface area (Å²) in [6.07, 6.45) is 74.8. The Hall–Kier alpha value is -3.15. The van der Waals surface area contributed by atoms with E-state index in [2.05, 4.69) is 87.6 Å². The van der Waals surface area contributed by atoms with Crippen molar-refractivity contribution in [2.24, 2.45) is 0 Å². The van der Waals surface area contributed by atoms with Gasteiger partial charge in [-0.25, -0.2) is 0 Å². The van der Waals surface area contributed by atoms with Gasteiger partial charge in [0.05, 0.1) is 0 Å². The molecule has 0 aromatic heterocycles.